The number of nitrogens with zero attached hydrogens (tertiary/aromatic N) is 2. The van der Waals surface area contributed by atoms with E-state index in [1.54, 1.807) is 48.3 Å². The third-order valence-electron chi connectivity index (χ3n) is 4.44. The van der Waals surface area contributed by atoms with Crippen molar-refractivity contribution >= 4 is 34.8 Å². The summed E-state index contributed by atoms with van der Waals surface area (Å²) in [4.78, 5) is 30.2. The molecule has 0 aliphatic rings. The van der Waals surface area contributed by atoms with Gasteiger partial charge in [0.15, 0.2) is 0 Å². The lowest BCUT2D eigenvalue weighted by molar-refractivity contribution is -0.145. The summed E-state index contributed by atoms with van der Waals surface area (Å²) in [5.41, 5.74) is 0.0411. The van der Waals surface area contributed by atoms with E-state index in [9.17, 15) is 14.0 Å². The van der Waals surface area contributed by atoms with Crippen LogP contribution in [0, 0.1) is 11.2 Å². The smallest absolute Gasteiger partial charge is 0.242 e. The monoisotopic (exact) mass is 436 g/mol. The Hall–Kier alpha value is -2.18. The minimum Gasteiger partial charge on any atom is -0.332 e. The summed E-state index contributed by atoms with van der Waals surface area (Å²) >= 11 is 7.51. The molecule has 4 nitrogen and oxygen atoms in total. The number of carbonyl (C=O) groups excluding carboxylic acids is 2. The van der Waals surface area contributed by atoms with E-state index >= 15 is 0 Å². The van der Waals surface area contributed by atoms with Crippen LogP contribution in [0.25, 0.3) is 0 Å². The first kappa shape index (κ1) is 23.1. The quantitative estimate of drug-likeness (QED) is 0.400. The molecule has 2 rings (SSSR count). The second kappa shape index (κ2) is 10.6. The third-order valence-corrected chi connectivity index (χ3v) is 5.97. The highest BCUT2D eigenvalue weighted by Gasteiger charge is 2.32. The number of amides is 2. The maximum absolute atomic E-state index is 13.2. The standard InChI is InChI=1S/C22H26ClFN2O2S/c1-4-11-25(21(28)22(2,3)16-23)15-20(27)26(14-19-6-5-12-29-19)13-17-7-9-18(24)10-8-17/h4-10,12H,1,11,13-16H2,2-3H3. The molecule has 1 heterocycles. The highest BCUT2D eigenvalue weighted by molar-refractivity contribution is 7.09. The lowest BCUT2D eigenvalue weighted by Gasteiger charge is -2.31. The molecular formula is C22H26ClFN2O2S. The van der Waals surface area contributed by atoms with E-state index in [-0.39, 0.29) is 36.6 Å². The van der Waals surface area contributed by atoms with Gasteiger partial charge in [0.1, 0.15) is 12.4 Å². The summed E-state index contributed by atoms with van der Waals surface area (Å²) in [5.74, 6) is -0.555. The van der Waals surface area contributed by atoms with Crippen molar-refractivity contribution in [2.75, 3.05) is 19.0 Å². The first-order chi connectivity index (χ1) is 13.8. The van der Waals surface area contributed by atoms with Crippen molar-refractivity contribution in [1.82, 2.24) is 9.80 Å². The van der Waals surface area contributed by atoms with Crippen molar-refractivity contribution in [3.8, 4) is 0 Å². The van der Waals surface area contributed by atoms with Crippen molar-refractivity contribution in [1.29, 1.82) is 0 Å². The zero-order chi connectivity index (χ0) is 21.4. The second-order valence-electron chi connectivity index (χ2n) is 7.45. The lowest BCUT2D eigenvalue weighted by Crippen LogP contribution is -2.47. The Morgan fingerprint density at radius 3 is 2.41 bits per heavy atom. The van der Waals surface area contributed by atoms with Gasteiger partial charge in [0, 0.05) is 23.8 Å². The molecule has 0 aliphatic carbocycles. The highest BCUT2D eigenvalue weighted by atomic mass is 35.5. The Morgan fingerprint density at radius 2 is 1.86 bits per heavy atom. The van der Waals surface area contributed by atoms with Gasteiger partial charge in [-0.05, 0) is 43.0 Å². The van der Waals surface area contributed by atoms with Gasteiger partial charge in [-0.2, -0.15) is 0 Å². The van der Waals surface area contributed by atoms with Crippen LogP contribution in [0.15, 0.2) is 54.4 Å². The van der Waals surface area contributed by atoms with Crippen LogP contribution in [0.4, 0.5) is 4.39 Å². The summed E-state index contributed by atoms with van der Waals surface area (Å²) in [6, 6.07) is 9.95. The zero-order valence-electron chi connectivity index (χ0n) is 16.7. The molecule has 2 aromatic rings. The first-order valence-corrected chi connectivity index (χ1v) is 10.7. The number of rotatable bonds is 10. The first-order valence-electron chi connectivity index (χ1n) is 9.27. The van der Waals surface area contributed by atoms with Crippen LogP contribution in [-0.4, -0.2) is 40.6 Å². The van der Waals surface area contributed by atoms with E-state index in [0.29, 0.717) is 13.1 Å². The van der Waals surface area contributed by atoms with Crippen LogP contribution in [0.2, 0.25) is 0 Å². The number of benzene rings is 1. The van der Waals surface area contributed by atoms with E-state index in [2.05, 4.69) is 6.58 Å². The average molecular weight is 437 g/mol. The van der Waals surface area contributed by atoms with E-state index < -0.39 is 5.41 Å². The third kappa shape index (κ3) is 6.68. The van der Waals surface area contributed by atoms with Crippen LogP contribution < -0.4 is 0 Å². The Balaban J connectivity index is 2.20. The number of thiophene rings is 1. The van der Waals surface area contributed by atoms with Gasteiger partial charge >= 0.3 is 0 Å². The molecule has 0 atom stereocenters. The van der Waals surface area contributed by atoms with Gasteiger partial charge in [0.2, 0.25) is 11.8 Å². The minimum atomic E-state index is -0.777. The molecule has 0 bridgehead atoms. The lowest BCUT2D eigenvalue weighted by atomic mass is 9.94. The van der Waals surface area contributed by atoms with E-state index in [0.717, 1.165) is 10.4 Å². The molecule has 0 radical (unpaired) electrons. The van der Waals surface area contributed by atoms with Crippen LogP contribution in [0.3, 0.4) is 0 Å². The molecule has 0 unspecified atom stereocenters. The van der Waals surface area contributed by atoms with Crippen LogP contribution in [0.5, 0.6) is 0 Å². The van der Waals surface area contributed by atoms with Crippen molar-refractivity contribution in [3.05, 3.63) is 70.7 Å². The van der Waals surface area contributed by atoms with Gasteiger partial charge in [-0.1, -0.05) is 24.3 Å². The molecule has 0 aliphatic heterocycles. The summed E-state index contributed by atoms with van der Waals surface area (Å²) < 4.78 is 13.2. The highest BCUT2D eigenvalue weighted by Crippen LogP contribution is 2.21. The number of halogens is 2. The van der Waals surface area contributed by atoms with E-state index in [1.807, 2.05) is 17.5 Å². The number of hydrogen-bond donors (Lipinski definition) is 0. The molecule has 1 aromatic heterocycles. The zero-order valence-corrected chi connectivity index (χ0v) is 18.3. The van der Waals surface area contributed by atoms with Gasteiger partial charge in [-0.15, -0.1) is 29.5 Å². The molecule has 0 fully saturated rings. The van der Waals surface area contributed by atoms with Crippen LogP contribution in [0.1, 0.15) is 24.3 Å². The van der Waals surface area contributed by atoms with Gasteiger partial charge < -0.3 is 9.80 Å². The normalized spacial score (nSPS) is 11.2. The Kier molecular flexibility index (Phi) is 8.41. The average Bonchev–Trinajstić information content (AvgIpc) is 3.21. The van der Waals surface area contributed by atoms with Gasteiger partial charge in [0.25, 0.3) is 0 Å². The largest absolute Gasteiger partial charge is 0.332 e. The maximum Gasteiger partial charge on any atom is 0.242 e. The summed E-state index contributed by atoms with van der Waals surface area (Å²) in [6.45, 7) is 8.14. The van der Waals surface area contributed by atoms with Gasteiger partial charge in [-0.3, -0.25) is 9.59 Å². The van der Waals surface area contributed by atoms with Crippen molar-refractivity contribution in [3.63, 3.8) is 0 Å². The van der Waals surface area contributed by atoms with E-state index in [4.69, 9.17) is 11.6 Å². The Bertz CT molecular complexity index is 822. The van der Waals surface area contributed by atoms with Crippen molar-refractivity contribution in [2.24, 2.45) is 5.41 Å². The molecule has 0 saturated carbocycles. The molecule has 29 heavy (non-hydrogen) atoms. The fraction of sp³-hybridized carbons (Fsp3) is 0.364. The van der Waals surface area contributed by atoms with Crippen molar-refractivity contribution in [2.45, 2.75) is 26.9 Å². The topological polar surface area (TPSA) is 40.6 Å². The second-order valence-corrected chi connectivity index (χ2v) is 8.75. The van der Waals surface area contributed by atoms with E-state index in [1.165, 1.54) is 17.0 Å². The summed E-state index contributed by atoms with van der Waals surface area (Å²) in [7, 11) is 0. The minimum absolute atomic E-state index is 0.0717. The molecule has 156 valence electrons. The van der Waals surface area contributed by atoms with Gasteiger partial charge in [-0.25, -0.2) is 4.39 Å². The van der Waals surface area contributed by atoms with Crippen molar-refractivity contribution < 1.29 is 14.0 Å². The molecular weight excluding hydrogens is 411 g/mol. The Labute approximate surface area is 180 Å². The van der Waals surface area contributed by atoms with Crippen LogP contribution in [-0.2, 0) is 22.7 Å². The maximum atomic E-state index is 13.2. The molecule has 2 amide bonds. The van der Waals surface area contributed by atoms with Gasteiger partial charge in [0.05, 0.1) is 12.0 Å². The molecule has 7 heteroatoms. The predicted molar refractivity (Wildman–Crippen MR) is 116 cm³/mol. The Morgan fingerprint density at radius 1 is 1.17 bits per heavy atom. The fourth-order valence-electron chi connectivity index (χ4n) is 2.76. The summed E-state index contributed by atoms with van der Waals surface area (Å²) in [5, 5.41) is 1.95. The number of hydrogen-bond acceptors (Lipinski definition) is 3. The number of carbonyl (C=O) groups is 2. The van der Waals surface area contributed by atoms with Crippen LogP contribution >= 0.6 is 22.9 Å². The molecule has 1 aromatic carbocycles. The SMILES string of the molecule is C=CCN(CC(=O)N(Cc1ccc(F)cc1)Cc1cccs1)C(=O)C(C)(C)CCl. The predicted octanol–water partition coefficient (Wildman–Crippen LogP) is 4.70. The fourth-order valence-corrected chi connectivity index (χ4v) is 3.59. The molecule has 0 spiro atoms. The molecule has 0 saturated heterocycles. The summed E-state index contributed by atoms with van der Waals surface area (Å²) in [6.07, 6.45) is 1.60. The molecule has 0 N–H and O–H groups in total. The number of alkyl halides is 1.